The second-order valence-corrected chi connectivity index (χ2v) is 4.49. The van der Waals surface area contributed by atoms with Gasteiger partial charge in [0.15, 0.2) is 0 Å². The smallest absolute Gasteiger partial charge is 0.0775 e. The lowest BCUT2D eigenvalue weighted by molar-refractivity contribution is 0.322. The molecule has 1 unspecified atom stereocenters. The normalized spacial score (nSPS) is 18.1. The van der Waals surface area contributed by atoms with Crippen LogP contribution in [-0.2, 0) is 0 Å². The molecule has 0 aliphatic heterocycles. The summed E-state index contributed by atoms with van der Waals surface area (Å²) in [6.07, 6.45) is 5.39. The summed E-state index contributed by atoms with van der Waals surface area (Å²) < 4.78 is 0. The summed E-state index contributed by atoms with van der Waals surface area (Å²) in [4.78, 5) is 0. The van der Waals surface area contributed by atoms with Crippen LogP contribution in [0.2, 0.25) is 0 Å². The molecule has 17 heavy (non-hydrogen) atoms. The molecule has 3 heteroatoms. The number of alkyl halides is 1. The molecule has 2 aromatic carbocycles. The molecule has 2 aromatic rings. The van der Waals surface area contributed by atoms with Crippen molar-refractivity contribution < 1.29 is 5.21 Å². The first kappa shape index (κ1) is 10.4. The van der Waals surface area contributed by atoms with Crippen molar-refractivity contribution >= 4 is 34.7 Å². The highest BCUT2D eigenvalue weighted by atomic mass is 35.5. The first-order valence-corrected chi connectivity index (χ1v) is 5.80. The van der Waals surface area contributed by atoms with Crippen LogP contribution >= 0.6 is 11.6 Å². The fourth-order valence-electron chi connectivity index (χ4n) is 2.32. The number of hydrogen-bond acceptors (Lipinski definition) is 2. The summed E-state index contributed by atoms with van der Waals surface area (Å²) in [5, 5.41) is 14.0. The van der Waals surface area contributed by atoms with Gasteiger partial charge in [-0.1, -0.05) is 47.6 Å². The highest BCUT2D eigenvalue weighted by molar-refractivity contribution is 6.24. The van der Waals surface area contributed by atoms with E-state index in [2.05, 4.69) is 11.2 Å². The molecule has 1 atom stereocenters. The van der Waals surface area contributed by atoms with Crippen LogP contribution in [0.15, 0.2) is 41.6 Å². The van der Waals surface area contributed by atoms with Crippen LogP contribution in [0.1, 0.15) is 22.1 Å². The lowest BCUT2D eigenvalue weighted by Crippen LogP contribution is -1.99. The maximum Gasteiger partial charge on any atom is 0.0775 e. The Hall–Kier alpha value is -1.80. The van der Waals surface area contributed by atoms with Gasteiger partial charge in [0.05, 0.1) is 11.6 Å². The van der Waals surface area contributed by atoms with Crippen LogP contribution < -0.4 is 0 Å². The van der Waals surface area contributed by atoms with Crippen molar-refractivity contribution in [3.63, 3.8) is 0 Å². The van der Waals surface area contributed by atoms with Gasteiger partial charge < -0.3 is 5.21 Å². The van der Waals surface area contributed by atoms with Crippen molar-refractivity contribution in [1.29, 1.82) is 0 Å². The molecule has 0 saturated carbocycles. The van der Waals surface area contributed by atoms with Gasteiger partial charge in [-0.15, -0.1) is 11.6 Å². The second kappa shape index (κ2) is 3.90. The molecule has 0 aromatic heterocycles. The van der Waals surface area contributed by atoms with E-state index in [4.69, 9.17) is 16.8 Å². The molecule has 1 aliphatic rings. The lowest BCUT2D eigenvalue weighted by Gasteiger charge is -2.18. The van der Waals surface area contributed by atoms with Crippen molar-refractivity contribution in [3.8, 4) is 0 Å². The molecule has 2 nitrogen and oxygen atoms in total. The fraction of sp³-hybridized carbons (Fsp3) is 0.0714. The maximum absolute atomic E-state index is 8.67. The van der Waals surface area contributed by atoms with Crippen LogP contribution in [0.5, 0.6) is 0 Å². The summed E-state index contributed by atoms with van der Waals surface area (Å²) in [6, 6.07) is 10.1. The van der Waals surface area contributed by atoms with E-state index in [1.807, 2.05) is 36.4 Å². The van der Waals surface area contributed by atoms with E-state index in [1.54, 1.807) is 0 Å². The summed E-state index contributed by atoms with van der Waals surface area (Å²) in [7, 11) is 0. The zero-order chi connectivity index (χ0) is 11.8. The van der Waals surface area contributed by atoms with Crippen LogP contribution in [0.3, 0.4) is 0 Å². The second-order valence-electron chi connectivity index (χ2n) is 4.02. The molecule has 0 spiro atoms. The summed E-state index contributed by atoms with van der Waals surface area (Å²) in [5.41, 5.74) is 3.06. The van der Waals surface area contributed by atoms with Gasteiger partial charge in [-0.3, -0.25) is 0 Å². The molecule has 0 amide bonds. The van der Waals surface area contributed by atoms with Crippen molar-refractivity contribution in [3.05, 3.63) is 53.1 Å². The van der Waals surface area contributed by atoms with Gasteiger partial charge in [0.2, 0.25) is 0 Å². The van der Waals surface area contributed by atoms with Crippen LogP contribution in [0.4, 0.5) is 0 Å². The van der Waals surface area contributed by atoms with Crippen LogP contribution in [-0.4, -0.2) is 11.4 Å². The summed E-state index contributed by atoms with van der Waals surface area (Å²) in [5.74, 6) is 0. The molecule has 0 saturated heterocycles. The van der Waals surface area contributed by atoms with Gasteiger partial charge in [-0.25, -0.2) is 0 Å². The summed E-state index contributed by atoms with van der Waals surface area (Å²) >= 11 is 6.27. The number of benzene rings is 2. The molecule has 3 rings (SSSR count). The molecular weight excluding hydrogens is 234 g/mol. The molecule has 0 fully saturated rings. The predicted molar refractivity (Wildman–Crippen MR) is 71.0 cm³/mol. The molecule has 0 bridgehead atoms. The minimum Gasteiger partial charge on any atom is -0.411 e. The Morgan fingerprint density at radius 2 is 2.12 bits per heavy atom. The Bertz CT molecular complexity index is 646. The average Bonchev–Trinajstić information content (AvgIpc) is 2.36. The highest BCUT2D eigenvalue weighted by Crippen LogP contribution is 2.37. The van der Waals surface area contributed by atoms with Crippen molar-refractivity contribution in [2.24, 2.45) is 5.16 Å². The van der Waals surface area contributed by atoms with E-state index in [9.17, 15) is 0 Å². The lowest BCUT2D eigenvalue weighted by atomic mass is 9.90. The Morgan fingerprint density at radius 3 is 2.94 bits per heavy atom. The first-order valence-electron chi connectivity index (χ1n) is 5.36. The molecule has 1 aliphatic carbocycles. The molecule has 0 radical (unpaired) electrons. The van der Waals surface area contributed by atoms with Gasteiger partial charge >= 0.3 is 0 Å². The van der Waals surface area contributed by atoms with Crippen molar-refractivity contribution in [2.45, 2.75) is 5.38 Å². The van der Waals surface area contributed by atoms with Gasteiger partial charge in [-0.05, 0) is 21.9 Å². The molecule has 84 valence electrons. The third kappa shape index (κ3) is 1.53. The van der Waals surface area contributed by atoms with Gasteiger partial charge in [0, 0.05) is 5.56 Å². The zero-order valence-electron chi connectivity index (χ0n) is 8.97. The predicted octanol–water partition coefficient (Wildman–Crippen LogP) is 3.95. The van der Waals surface area contributed by atoms with E-state index in [1.165, 1.54) is 6.21 Å². The average molecular weight is 244 g/mol. The Labute approximate surface area is 104 Å². The van der Waals surface area contributed by atoms with Crippen molar-refractivity contribution in [2.75, 3.05) is 0 Å². The molecular formula is C14H10ClNO. The van der Waals surface area contributed by atoms with E-state index in [0.717, 1.165) is 27.5 Å². The fourth-order valence-corrected chi connectivity index (χ4v) is 2.58. The van der Waals surface area contributed by atoms with Gasteiger partial charge in [-0.2, -0.15) is 0 Å². The SMILES string of the molecule is ON=Cc1ccc2cccc3c2c1C=CC3Cl. The topological polar surface area (TPSA) is 32.6 Å². The Kier molecular flexibility index (Phi) is 2.37. The quantitative estimate of drug-likeness (QED) is 0.350. The minimum atomic E-state index is -0.0903. The van der Waals surface area contributed by atoms with Crippen molar-refractivity contribution in [1.82, 2.24) is 0 Å². The number of allylic oxidation sites excluding steroid dienone is 1. The number of halogens is 1. The number of rotatable bonds is 1. The Balaban J connectivity index is 2.43. The number of hydrogen-bond donors (Lipinski definition) is 1. The monoisotopic (exact) mass is 243 g/mol. The van der Waals surface area contributed by atoms with Gasteiger partial charge in [0.25, 0.3) is 0 Å². The third-order valence-corrected chi connectivity index (χ3v) is 3.46. The number of oxime groups is 1. The number of nitrogens with zero attached hydrogens (tertiary/aromatic N) is 1. The summed E-state index contributed by atoms with van der Waals surface area (Å²) in [6.45, 7) is 0. The molecule has 0 heterocycles. The van der Waals surface area contributed by atoms with E-state index >= 15 is 0 Å². The maximum atomic E-state index is 8.67. The minimum absolute atomic E-state index is 0.0903. The zero-order valence-corrected chi connectivity index (χ0v) is 9.72. The highest BCUT2D eigenvalue weighted by Gasteiger charge is 2.16. The third-order valence-electron chi connectivity index (χ3n) is 3.08. The van der Waals surface area contributed by atoms with E-state index in [0.29, 0.717) is 0 Å². The van der Waals surface area contributed by atoms with Gasteiger partial charge in [0.1, 0.15) is 0 Å². The molecule has 1 N–H and O–H groups in total. The first-order chi connectivity index (χ1) is 8.31. The Morgan fingerprint density at radius 1 is 1.24 bits per heavy atom. The largest absolute Gasteiger partial charge is 0.411 e. The van der Waals surface area contributed by atoms with Crippen LogP contribution in [0.25, 0.3) is 16.8 Å². The van der Waals surface area contributed by atoms with Crippen LogP contribution in [0, 0.1) is 0 Å². The van der Waals surface area contributed by atoms with E-state index < -0.39 is 0 Å². The van der Waals surface area contributed by atoms with E-state index in [-0.39, 0.29) is 5.38 Å². The standard InChI is InChI=1S/C14H10ClNO/c15-13-7-6-11-10(8-16-17)5-4-9-2-1-3-12(13)14(9)11/h1-8,13,17H.